The topological polar surface area (TPSA) is 64.3 Å². The average molecular weight is 284 g/mol. The van der Waals surface area contributed by atoms with Gasteiger partial charge >= 0.3 is 0 Å². The molecule has 0 aliphatic heterocycles. The van der Waals surface area contributed by atoms with Gasteiger partial charge in [0.25, 0.3) is 0 Å². The number of carbonyl (C=O) groups excluding carboxylic acids is 1. The molecule has 0 bridgehead atoms. The van der Waals surface area contributed by atoms with Crippen LogP contribution in [0, 0.1) is 0 Å². The number of hydrogen-bond acceptors (Lipinski definition) is 3. The molecule has 0 saturated carbocycles. The largest absolute Gasteiger partial charge is 0.494 e. The summed E-state index contributed by atoms with van der Waals surface area (Å²) in [5, 5.41) is 2.87. The van der Waals surface area contributed by atoms with E-state index >= 15 is 0 Å². The number of amides is 1. The second-order valence-electron chi connectivity index (χ2n) is 4.75. The van der Waals surface area contributed by atoms with Crippen LogP contribution >= 0.6 is 0 Å². The van der Waals surface area contributed by atoms with Crippen molar-refractivity contribution < 1.29 is 9.53 Å². The molecule has 4 nitrogen and oxygen atoms in total. The Labute approximate surface area is 124 Å². The lowest BCUT2D eigenvalue weighted by molar-refractivity contribution is -0.116. The Balaban J connectivity index is 1.82. The van der Waals surface area contributed by atoms with E-state index in [-0.39, 0.29) is 5.91 Å². The molecular weight excluding hydrogens is 264 g/mol. The fourth-order valence-electron chi connectivity index (χ4n) is 1.97. The molecule has 0 unspecified atom stereocenters. The summed E-state index contributed by atoms with van der Waals surface area (Å²) in [7, 11) is 0. The number of carbonyl (C=O) groups is 1. The quantitative estimate of drug-likeness (QED) is 0.800. The lowest BCUT2D eigenvalue weighted by Gasteiger charge is -2.07. The van der Waals surface area contributed by atoms with Crippen molar-refractivity contribution in [2.45, 2.75) is 19.8 Å². The minimum atomic E-state index is -0.00372. The first-order chi connectivity index (χ1) is 10.2. The number of nitrogens with two attached hydrogens (primary N) is 1. The standard InChI is InChI=1S/C17H20N2O2/c1-2-21-16-10-8-15(9-11-16)19-17(20)12-5-13-3-6-14(18)7-4-13/h3-4,6-11H,2,5,12,18H2,1H3,(H,19,20). The van der Waals surface area contributed by atoms with Crippen LogP contribution in [0.4, 0.5) is 11.4 Å². The van der Waals surface area contributed by atoms with Crippen LogP contribution in [0.15, 0.2) is 48.5 Å². The van der Waals surface area contributed by atoms with Gasteiger partial charge in [-0.2, -0.15) is 0 Å². The van der Waals surface area contributed by atoms with E-state index in [1.54, 1.807) is 0 Å². The molecule has 0 spiro atoms. The van der Waals surface area contributed by atoms with Crippen molar-refractivity contribution in [1.82, 2.24) is 0 Å². The Morgan fingerprint density at radius 2 is 1.76 bits per heavy atom. The highest BCUT2D eigenvalue weighted by Gasteiger charge is 2.03. The molecule has 3 N–H and O–H groups in total. The molecule has 110 valence electrons. The summed E-state index contributed by atoms with van der Waals surface area (Å²) in [5.41, 5.74) is 8.24. The average Bonchev–Trinajstić information content (AvgIpc) is 2.49. The zero-order valence-corrected chi connectivity index (χ0v) is 12.1. The van der Waals surface area contributed by atoms with E-state index in [9.17, 15) is 4.79 Å². The molecule has 1 amide bonds. The van der Waals surface area contributed by atoms with Crippen LogP contribution in [0.5, 0.6) is 5.75 Å². The maximum absolute atomic E-state index is 11.9. The van der Waals surface area contributed by atoms with E-state index in [1.165, 1.54) is 0 Å². The molecule has 0 radical (unpaired) electrons. The monoisotopic (exact) mass is 284 g/mol. The summed E-state index contributed by atoms with van der Waals surface area (Å²) < 4.78 is 5.36. The summed E-state index contributed by atoms with van der Waals surface area (Å²) in [4.78, 5) is 11.9. The summed E-state index contributed by atoms with van der Waals surface area (Å²) in [6.07, 6.45) is 1.14. The van der Waals surface area contributed by atoms with Crippen LogP contribution < -0.4 is 15.8 Å². The van der Waals surface area contributed by atoms with Crippen LogP contribution in [0.3, 0.4) is 0 Å². The zero-order chi connectivity index (χ0) is 15.1. The van der Waals surface area contributed by atoms with Gasteiger partial charge in [0.05, 0.1) is 6.61 Å². The van der Waals surface area contributed by atoms with Gasteiger partial charge in [-0.05, 0) is 55.3 Å². The van der Waals surface area contributed by atoms with Crippen LogP contribution in [0.2, 0.25) is 0 Å². The minimum Gasteiger partial charge on any atom is -0.494 e. The van der Waals surface area contributed by atoms with E-state index < -0.39 is 0 Å². The molecule has 21 heavy (non-hydrogen) atoms. The second-order valence-corrected chi connectivity index (χ2v) is 4.75. The Morgan fingerprint density at radius 1 is 1.10 bits per heavy atom. The van der Waals surface area contributed by atoms with Gasteiger partial charge in [-0.1, -0.05) is 12.1 Å². The van der Waals surface area contributed by atoms with Gasteiger partial charge in [-0.25, -0.2) is 0 Å². The molecular formula is C17H20N2O2. The predicted octanol–water partition coefficient (Wildman–Crippen LogP) is 3.24. The first-order valence-corrected chi connectivity index (χ1v) is 7.04. The van der Waals surface area contributed by atoms with Gasteiger partial charge in [-0.15, -0.1) is 0 Å². The molecule has 0 fully saturated rings. The Kier molecular flexibility index (Phi) is 5.21. The molecule has 0 saturated heterocycles. The number of benzene rings is 2. The van der Waals surface area contributed by atoms with Gasteiger partial charge in [0.1, 0.15) is 5.75 Å². The van der Waals surface area contributed by atoms with Crippen LogP contribution in [0.1, 0.15) is 18.9 Å². The lowest BCUT2D eigenvalue weighted by Crippen LogP contribution is -2.12. The highest BCUT2D eigenvalue weighted by atomic mass is 16.5. The molecule has 0 atom stereocenters. The Hall–Kier alpha value is -2.49. The van der Waals surface area contributed by atoms with E-state index in [0.717, 1.165) is 22.7 Å². The smallest absolute Gasteiger partial charge is 0.224 e. The maximum Gasteiger partial charge on any atom is 0.224 e. The van der Waals surface area contributed by atoms with Crippen molar-refractivity contribution in [1.29, 1.82) is 0 Å². The fraction of sp³-hybridized carbons (Fsp3) is 0.235. The molecule has 2 aromatic carbocycles. The van der Waals surface area contributed by atoms with Crippen LogP contribution in [-0.4, -0.2) is 12.5 Å². The molecule has 2 aromatic rings. The molecule has 0 aromatic heterocycles. The number of nitrogen functional groups attached to an aromatic ring is 1. The van der Waals surface area contributed by atoms with Crippen molar-refractivity contribution in [3.05, 3.63) is 54.1 Å². The van der Waals surface area contributed by atoms with Crippen molar-refractivity contribution >= 4 is 17.3 Å². The Bertz CT molecular complexity index is 577. The first-order valence-electron chi connectivity index (χ1n) is 7.04. The first kappa shape index (κ1) is 14.9. The predicted molar refractivity (Wildman–Crippen MR) is 85.4 cm³/mol. The molecule has 4 heteroatoms. The second kappa shape index (κ2) is 7.33. The third-order valence-corrected chi connectivity index (χ3v) is 3.07. The molecule has 2 rings (SSSR count). The number of nitrogens with one attached hydrogen (secondary N) is 1. The third-order valence-electron chi connectivity index (χ3n) is 3.07. The summed E-state index contributed by atoms with van der Waals surface area (Å²) in [6.45, 7) is 2.57. The third kappa shape index (κ3) is 4.84. The summed E-state index contributed by atoms with van der Waals surface area (Å²) >= 11 is 0. The lowest BCUT2D eigenvalue weighted by atomic mass is 10.1. The van der Waals surface area contributed by atoms with Gasteiger partial charge in [0.15, 0.2) is 0 Å². The number of hydrogen-bond donors (Lipinski definition) is 2. The van der Waals surface area contributed by atoms with Crippen LogP contribution in [-0.2, 0) is 11.2 Å². The van der Waals surface area contributed by atoms with Gasteiger partial charge in [-0.3, -0.25) is 4.79 Å². The van der Waals surface area contributed by atoms with Crippen LogP contribution in [0.25, 0.3) is 0 Å². The van der Waals surface area contributed by atoms with Gasteiger partial charge in [0, 0.05) is 17.8 Å². The van der Waals surface area contributed by atoms with Gasteiger partial charge < -0.3 is 15.8 Å². The van der Waals surface area contributed by atoms with E-state index in [0.29, 0.717) is 19.4 Å². The highest BCUT2D eigenvalue weighted by molar-refractivity contribution is 5.90. The number of ether oxygens (including phenoxy) is 1. The van der Waals surface area contributed by atoms with E-state index in [4.69, 9.17) is 10.5 Å². The summed E-state index contributed by atoms with van der Waals surface area (Å²) in [5.74, 6) is 0.799. The molecule has 0 aliphatic carbocycles. The van der Waals surface area contributed by atoms with Crippen molar-refractivity contribution in [3.63, 3.8) is 0 Å². The zero-order valence-electron chi connectivity index (χ0n) is 12.1. The van der Waals surface area contributed by atoms with E-state index in [2.05, 4.69) is 5.32 Å². The minimum absolute atomic E-state index is 0.00372. The van der Waals surface area contributed by atoms with Crippen molar-refractivity contribution in [2.75, 3.05) is 17.7 Å². The fourth-order valence-corrected chi connectivity index (χ4v) is 1.97. The Morgan fingerprint density at radius 3 is 2.38 bits per heavy atom. The van der Waals surface area contributed by atoms with Crippen molar-refractivity contribution in [3.8, 4) is 5.75 Å². The molecule has 0 aliphatic rings. The summed E-state index contributed by atoms with van der Waals surface area (Å²) in [6, 6.07) is 15.0. The highest BCUT2D eigenvalue weighted by Crippen LogP contribution is 2.16. The molecule has 0 heterocycles. The van der Waals surface area contributed by atoms with Crippen molar-refractivity contribution in [2.24, 2.45) is 0 Å². The van der Waals surface area contributed by atoms with Gasteiger partial charge in [0.2, 0.25) is 5.91 Å². The normalized spacial score (nSPS) is 10.1. The number of aryl methyl sites for hydroxylation is 1. The maximum atomic E-state index is 11.9. The number of rotatable bonds is 6. The SMILES string of the molecule is CCOc1ccc(NC(=O)CCc2ccc(N)cc2)cc1. The number of anilines is 2. The van der Waals surface area contributed by atoms with E-state index in [1.807, 2.05) is 55.5 Å².